The van der Waals surface area contributed by atoms with Gasteiger partial charge in [-0.1, -0.05) is 41.9 Å². The van der Waals surface area contributed by atoms with Crippen molar-refractivity contribution in [2.24, 2.45) is 0 Å². The predicted octanol–water partition coefficient (Wildman–Crippen LogP) is 2.61. The first-order valence-corrected chi connectivity index (χ1v) is 16.3. The smallest absolute Gasteiger partial charge is 0.340 e. The average molecular weight is 603 g/mol. The van der Waals surface area contributed by atoms with Gasteiger partial charge in [0, 0.05) is 12.6 Å². The summed E-state index contributed by atoms with van der Waals surface area (Å²) in [5.41, 5.74) is 2.68. The van der Waals surface area contributed by atoms with Gasteiger partial charge in [0.1, 0.15) is 24.4 Å². The number of piperidine rings is 1. The molecule has 16 heteroatoms. The normalized spacial score (nSPS) is 27.6. The number of halogens is 1. The third kappa shape index (κ3) is 6.23. The lowest BCUT2D eigenvalue weighted by atomic mass is 9.95. The molecular formula is C23H29ClN4O9P2. The second-order valence-corrected chi connectivity index (χ2v) is 14.1. The molecule has 4 heterocycles. The molecule has 6 atom stereocenters. The molecule has 1 unspecified atom stereocenters. The van der Waals surface area contributed by atoms with Gasteiger partial charge in [-0.15, -0.1) is 0 Å². The van der Waals surface area contributed by atoms with Crippen molar-refractivity contribution in [3.63, 3.8) is 0 Å². The molecule has 1 aromatic carbocycles. The van der Waals surface area contributed by atoms with Gasteiger partial charge in [-0.3, -0.25) is 9.13 Å². The van der Waals surface area contributed by atoms with Crippen molar-refractivity contribution in [3.05, 3.63) is 59.0 Å². The van der Waals surface area contributed by atoms with Gasteiger partial charge in [0.15, 0.2) is 16.7 Å². The summed E-state index contributed by atoms with van der Waals surface area (Å²) in [5, 5.41) is 25.8. The van der Waals surface area contributed by atoms with Crippen LogP contribution in [0.15, 0.2) is 42.6 Å². The molecule has 0 bridgehead atoms. The molecule has 0 aliphatic carbocycles. The number of aliphatic hydroxyl groups is 2. The summed E-state index contributed by atoms with van der Waals surface area (Å²) in [6.07, 6.45) is -0.962. The summed E-state index contributed by atoms with van der Waals surface area (Å²) in [6, 6.07) is 12.0. The van der Waals surface area contributed by atoms with Gasteiger partial charge in [0.2, 0.25) is 0 Å². The zero-order chi connectivity index (χ0) is 27.9. The van der Waals surface area contributed by atoms with Crippen molar-refractivity contribution in [1.82, 2.24) is 14.6 Å². The Hall–Kier alpha value is -1.89. The molecule has 0 saturated carbocycles. The van der Waals surface area contributed by atoms with Gasteiger partial charge in [0.25, 0.3) is 0 Å². The fourth-order valence-corrected chi connectivity index (χ4v) is 7.93. The summed E-state index contributed by atoms with van der Waals surface area (Å²) in [6.45, 7) is 0.0828. The van der Waals surface area contributed by atoms with Crippen LogP contribution in [0.5, 0.6) is 0 Å². The molecule has 13 nitrogen and oxygen atoms in total. The predicted molar refractivity (Wildman–Crippen MR) is 141 cm³/mol. The van der Waals surface area contributed by atoms with Crippen molar-refractivity contribution >= 4 is 38.1 Å². The highest BCUT2D eigenvalue weighted by Gasteiger charge is 2.46. The Labute approximate surface area is 228 Å². The summed E-state index contributed by atoms with van der Waals surface area (Å²) in [4.78, 5) is 34.5. The first-order chi connectivity index (χ1) is 18.4. The number of anilines is 1. The molecule has 2 fully saturated rings. The van der Waals surface area contributed by atoms with E-state index in [0.29, 0.717) is 11.3 Å². The maximum Gasteiger partial charge on any atom is 0.340 e. The van der Waals surface area contributed by atoms with Crippen molar-refractivity contribution in [3.8, 4) is 0 Å². The van der Waals surface area contributed by atoms with E-state index in [2.05, 4.69) is 27.1 Å². The van der Waals surface area contributed by atoms with Gasteiger partial charge in [0.05, 0.1) is 30.2 Å². The summed E-state index contributed by atoms with van der Waals surface area (Å²) in [5.74, 6) is -1.38. The second-order valence-electron chi connectivity index (χ2n) is 9.70. The quantitative estimate of drug-likeness (QED) is 0.238. The van der Waals surface area contributed by atoms with Crippen LogP contribution in [0.25, 0.3) is 5.65 Å². The summed E-state index contributed by atoms with van der Waals surface area (Å²) < 4.78 is 35.1. The second kappa shape index (κ2) is 11.2. The molecule has 5 rings (SSSR count). The highest BCUT2D eigenvalue weighted by Crippen LogP contribution is 2.55. The van der Waals surface area contributed by atoms with Crippen LogP contribution in [0, 0.1) is 0 Å². The SMILES string of the molecule is O=P(O)(O)CP(=O)(O)OC[C@H]1O[C@@H](c2cnc3c(N4CCCC[C@H]4c4ccccc4)cc(Cl)nn23)[C@H](O)[C@@H]1O. The number of nitrogens with zero attached hydrogens (tertiary/aromatic N) is 4. The minimum Gasteiger partial charge on any atom is -0.387 e. The van der Waals surface area contributed by atoms with Crippen molar-refractivity contribution in [2.75, 3.05) is 24.0 Å². The van der Waals surface area contributed by atoms with Gasteiger partial charge >= 0.3 is 15.2 Å². The molecule has 0 radical (unpaired) electrons. The molecule has 39 heavy (non-hydrogen) atoms. The summed E-state index contributed by atoms with van der Waals surface area (Å²) >= 11 is 6.44. The number of hydrogen-bond acceptors (Lipinski definition) is 9. The number of aromatic nitrogens is 3. The molecule has 2 saturated heterocycles. The molecule has 3 aromatic rings. The zero-order valence-electron chi connectivity index (χ0n) is 20.6. The highest BCUT2D eigenvalue weighted by molar-refractivity contribution is 7.70. The Morgan fingerprint density at radius 2 is 1.85 bits per heavy atom. The van der Waals surface area contributed by atoms with E-state index in [-0.39, 0.29) is 11.2 Å². The van der Waals surface area contributed by atoms with Crippen LogP contribution in [0.4, 0.5) is 5.69 Å². The van der Waals surface area contributed by atoms with E-state index < -0.39 is 52.1 Å². The number of rotatable bonds is 8. The van der Waals surface area contributed by atoms with Crippen molar-refractivity contribution in [2.45, 2.75) is 49.7 Å². The Bertz CT molecular complexity index is 1420. The monoisotopic (exact) mass is 602 g/mol. The lowest BCUT2D eigenvalue weighted by Crippen LogP contribution is -2.34. The fourth-order valence-electron chi connectivity index (χ4n) is 5.18. The third-order valence-corrected chi connectivity index (χ3v) is 10.5. The lowest BCUT2D eigenvalue weighted by Gasteiger charge is -2.38. The van der Waals surface area contributed by atoms with Gasteiger partial charge in [-0.25, -0.2) is 9.50 Å². The van der Waals surface area contributed by atoms with E-state index in [1.165, 1.54) is 10.7 Å². The maximum absolute atomic E-state index is 12.0. The number of hydrogen-bond donors (Lipinski definition) is 5. The Balaban J connectivity index is 1.42. The molecule has 5 N–H and O–H groups in total. The number of aliphatic hydroxyl groups excluding tert-OH is 2. The molecular weight excluding hydrogens is 574 g/mol. The molecule has 2 aromatic heterocycles. The Morgan fingerprint density at radius 1 is 1.10 bits per heavy atom. The molecule has 2 aliphatic heterocycles. The topological polar surface area (TPSA) is 187 Å². The number of ether oxygens (including phenoxy) is 1. The standard InChI is InChI=1S/C23H29ClN4O9P2/c24-19-10-16(27-9-5-4-8-15(27)14-6-2-1-3-7-14)23-25-11-17(28(23)26-19)22-21(30)20(29)18(37-22)12-36-39(34,35)13-38(31,32)33/h1-3,6-7,10-11,15,18,20-22,29-30H,4-5,8-9,12-13H2,(H,34,35)(H2,31,32,33)/t15-,18+,20+,21+,22-/m0/s1. The van der Waals surface area contributed by atoms with Crippen LogP contribution in [0.1, 0.15) is 42.7 Å². The van der Waals surface area contributed by atoms with E-state index in [1.807, 2.05) is 18.2 Å². The van der Waals surface area contributed by atoms with E-state index in [9.17, 15) is 24.2 Å². The van der Waals surface area contributed by atoms with Crippen LogP contribution in [0.3, 0.4) is 0 Å². The number of benzene rings is 1. The van der Waals surface area contributed by atoms with Crippen LogP contribution in [-0.4, -0.2) is 76.9 Å². The first kappa shape index (κ1) is 28.6. The van der Waals surface area contributed by atoms with Gasteiger partial charge in [-0.2, -0.15) is 5.10 Å². The van der Waals surface area contributed by atoms with Crippen LogP contribution < -0.4 is 4.90 Å². The number of imidazole rings is 1. The van der Waals surface area contributed by atoms with Gasteiger partial charge in [-0.05, 0) is 24.8 Å². The van der Waals surface area contributed by atoms with Crippen LogP contribution in [0.2, 0.25) is 5.15 Å². The van der Waals surface area contributed by atoms with Gasteiger partial charge < -0.3 is 39.1 Å². The minimum absolute atomic E-state index is 0.0985. The van der Waals surface area contributed by atoms with Crippen LogP contribution in [-0.2, 0) is 18.4 Å². The van der Waals surface area contributed by atoms with E-state index in [4.69, 9.17) is 30.6 Å². The van der Waals surface area contributed by atoms with E-state index >= 15 is 0 Å². The molecule has 212 valence electrons. The van der Waals surface area contributed by atoms with Crippen LogP contribution >= 0.6 is 26.8 Å². The van der Waals surface area contributed by atoms with Crippen molar-refractivity contribution in [1.29, 1.82) is 0 Å². The van der Waals surface area contributed by atoms with E-state index in [0.717, 1.165) is 37.1 Å². The molecule has 0 amide bonds. The lowest BCUT2D eigenvalue weighted by molar-refractivity contribution is -0.0204. The average Bonchev–Trinajstić information content (AvgIpc) is 3.42. The third-order valence-electron chi connectivity index (χ3n) is 6.90. The Morgan fingerprint density at radius 3 is 2.56 bits per heavy atom. The Kier molecular flexibility index (Phi) is 8.21. The molecule has 2 aliphatic rings. The van der Waals surface area contributed by atoms with E-state index in [1.54, 1.807) is 6.07 Å². The maximum atomic E-state index is 12.0. The first-order valence-electron chi connectivity index (χ1n) is 12.3. The summed E-state index contributed by atoms with van der Waals surface area (Å²) in [7, 11) is -9.51. The molecule has 0 spiro atoms. The fraction of sp³-hybridized carbons (Fsp3) is 0.478. The largest absolute Gasteiger partial charge is 0.387 e. The van der Waals surface area contributed by atoms with Crippen molar-refractivity contribution < 1.29 is 43.3 Å². The minimum atomic E-state index is -4.83. The highest BCUT2D eigenvalue weighted by atomic mass is 35.5. The zero-order valence-corrected chi connectivity index (χ0v) is 23.1. The number of fused-ring (bicyclic) bond motifs is 1.